The number of guanidine groups is 1. The molecule has 0 fully saturated rings. The molecule has 162 valence electrons. The summed E-state index contributed by atoms with van der Waals surface area (Å²) in [5.41, 5.74) is 2.35. The Morgan fingerprint density at radius 2 is 2.00 bits per heavy atom. The molecule has 10 heteroatoms. The van der Waals surface area contributed by atoms with E-state index in [0.29, 0.717) is 36.5 Å². The largest absolute Gasteiger partial charge is 0.461 e. The molecular weight excluding hydrogens is 507 g/mol. The molecule has 0 radical (unpaired) electrons. The SMILES string of the molecule is CCNC(=NCc1ccccc1Cn1cccn1)NCc1nc(-c2ccco2)n[nH]1.I. The third-order valence-corrected chi connectivity index (χ3v) is 4.46. The normalized spacial score (nSPS) is 11.2. The third kappa shape index (κ3) is 6.17. The summed E-state index contributed by atoms with van der Waals surface area (Å²) >= 11 is 0. The van der Waals surface area contributed by atoms with Gasteiger partial charge in [0, 0.05) is 18.9 Å². The van der Waals surface area contributed by atoms with E-state index in [1.165, 1.54) is 5.56 Å². The van der Waals surface area contributed by atoms with Gasteiger partial charge in [-0.05, 0) is 36.2 Å². The lowest BCUT2D eigenvalue weighted by Crippen LogP contribution is -2.37. The number of nitrogens with one attached hydrogen (secondary N) is 3. The molecule has 0 amide bonds. The first-order chi connectivity index (χ1) is 14.8. The van der Waals surface area contributed by atoms with E-state index in [-0.39, 0.29) is 24.0 Å². The van der Waals surface area contributed by atoms with E-state index in [4.69, 9.17) is 9.41 Å². The molecule has 0 bridgehead atoms. The average molecular weight is 532 g/mol. The highest BCUT2D eigenvalue weighted by atomic mass is 127. The van der Waals surface area contributed by atoms with Crippen molar-refractivity contribution in [2.75, 3.05) is 6.54 Å². The minimum absolute atomic E-state index is 0. The minimum atomic E-state index is 0. The van der Waals surface area contributed by atoms with Crippen LogP contribution in [0, 0.1) is 0 Å². The maximum Gasteiger partial charge on any atom is 0.216 e. The topological polar surface area (TPSA) is 109 Å². The predicted octanol–water partition coefficient (Wildman–Crippen LogP) is 3.18. The van der Waals surface area contributed by atoms with Gasteiger partial charge in [-0.3, -0.25) is 9.78 Å². The number of hydrogen-bond acceptors (Lipinski definition) is 5. The van der Waals surface area contributed by atoms with Gasteiger partial charge in [0.15, 0.2) is 11.7 Å². The van der Waals surface area contributed by atoms with Crippen molar-refractivity contribution in [2.45, 2.75) is 26.6 Å². The van der Waals surface area contributed by atoms with Gasteiger partial charge >= 0.3 is 0 Å². The van der Waals surface area contributed by atoms with Gasteiger partial charge in [-0.15, -0.1) is 29.1 Å². The second-order valence-electron chi connectivity index (χ2n) is 6.60. The standard InChI is InChI=1S/C21H24N8O.HI/c1-2-22-21(24-14-19-26-20(28-27-19)18-9-5-12-30-18)23-13-16-7-3-4-8-17(16)15-29-11-6-10-25-29;/h3-12H,2,13-15H2,1H3,(H2,22,23,24)(H,26,27,28);1H. The van der Waals surface area contributed by atoms with Gasteiger partial charge in [0.25, 0.3) is 0 Å². The van der Waals surface area contributed by atoms with Crippen molar-refractivity contribution in [3.05, 3.63) is 78.1 Å². The first kappa shape index (κ1) is 22.5. The zero-order valence-electron chi connectivity index (χ0n) is 17.2. The van der Waals surface area contributed by atoms with Crippen molar-refractivity contribution in [3.8, 4) is 11.6 Å². The van der Waals surface area contributed by atoms with Crippen molar-refractivity contribution in [3.63, 3.8) is 0 Å². The van der Waals surface area contributed by atoms with Crippen molar-refractivity contribution in [1.29, 1.82) is 0 Å². The Morgan fingerprint density at radius 1 is 1.13 bits per heavy atom. The Morgan fingerprint density at radius 3 is 2.74 bits per heavy atom. The summed E-state index contributed by atoms with van der Waals surface area (Å²) in [5, 5.41) is 18.0. The smallest absolute Gasteiger partial charge is 0.216 e. The monoisotopic (exact) mass is 532 g/mol. The molecule has 31 heavy (non-hydrogen) atoms. The van der Waals surface area contributed by atoms with E-state index in [2.05, 4.69) is 43.0 Å². The number of rotatable bonds is 8. The highest BCUT2D eigenvalue weighted by molar-refractivity contribution is 14.0. The van der Waals surface area contributed by atoms with Gasteiger partial charge in [0.2, 0.25) is 5.82 Å². The summed E-state index contributed by atoms with van der Waals surface area (Å²) in [6, 6.07) is 13.8. The molecule has 0 aliphatic heterocycles. The summed E-state index contributed by atoms with van der Waals surface area (Å²) in [6.45, 7) is 4.53. The molecule has 4 aromatic rings. The average Bonchev–Trinajstić information content (AvgIpc) is 3.53. The van der Waals surface area contributed by atoms with Crippen molar-refractivity contribution in [1.82, 2.24) is 35.6 Å². The molecule has 3 aromatic heterocycles. The maximum atomic E-state index is 5.33. The fourth-order valence-electron chi connectivity index (χ4n) is 3.00. The van der Waals surface area contributed by atoms with E-state index in [1.54, 1.807) is 12.5 Å². The Balaban J connectivity index is 0.00000272. The summed E-state index contributed by atoms with van der Waals surface area (Å²) in [7, 11) is 0. The summed E-state index contributed by atoms with van der Waals surface area (Å²) in [4.78, 5) is 9.17. The number of aromatic amines is 1. The van der Waals surface area contributed by atoms with E-state index < -0.39 is 0 Å². The number of aliphatic imine (C=N–C) groups is 1. The first-order valence-corrected chi connectivity index (χ1v) is 9.83. The molecule has 0 unspecified atom stereocenters. The Kier molecular flexibility index (Phi) is 8.21. The molecule has 0 atom stereocenters. The van der Waals surface area contributed by atoms with Crippen LogP contribution < -0.4 is 10.6 Å². The molecule has 1 aromatic carbocycles. The van der Waals surface area contributed by atoms with Crippen molar-refractivity contribution >= 4 is 29.9 Å². The van der Waals surface area contributed by atoms with Crippen LogP contribution in [0.1, 0.15) is 23.9 Å². The number of aromatic nitrogens is 5. The number of halogens is 1. The van der Waals surface area contributed by atoms with Crippen LogP contribution in [0.15, 0.2) is 70.5 Å². The number of furan rings is 1. The van der Waals surface area contributed by atoms with Gasteiger partial charge in [0.1, 0.15) is 5.82 Å². The van der Waals surface area contributed by atoms with Crippen LogP contribution in [0.2, 0.25) is 0 Å². The summed E-state index contributed by atoms with van der Waals surface area (Å²) < 4.78 is 7.23. The van der Waals surface area contributed by atoms with Crippen LogP contribution in [0.25, 0.3) is 11.6 Å². The molecule has 9 nitrogen and oxygen atoms in total. The highest BCUT2D eigenvalue weighted by Gasteiger charge is 2.09. The zero-order chi connectivity index (χ0) is 20.6. The lowest BCUT2D eigenvalue weighted by molar-refractivity contribution is 0.577. The second kappa shape index (κ2) is 11.3. The number of hydrogen-bond donors (Lipinski definition) is 3. The summed E-state index contributed by atoms with van der Waals surface area (Å²) in [5.74, 6) is 2.58. The van der Waals surface area contributed by atoms with E-state index in [9.17, 15) is 0 Å². The Bertz CT molecular complexity index is 1070. The van der Waals surface area contributed by atoms with Crippen LogP contribution in [-0.2, 0) is 19.6 Å². The van der Waals surface area contributed by atoms with E-state index in [0.717, 1.165) is 18.7 Å². The molecule has 0 aliphatic carbocycles. The molecule has 0 saturated carbocycles. The molecule has 3 N–H and O–H groups in total. The molecule has 3 heterocycles. The van der Waals surface area contributed by atoms with Crippen LogP contribution in [-0.4, -0.2) is 37.5 Å². The molecule has 0 aliphatic rings. The number of nitrogens with zero attached hydrogens (tertiary/aromatic N) is 5. The van der Waals surface area contributed by atoms with Gasteiger partial charge in [-0.2, -0.15) is 5.10 Å². The molecule has 0 saturated heterocycles. The summed E-state index contributed by atoms with van der Waals surface area (Å²) in [6.07, 6.45) is 5.35. The van der Waals surface area contributed by atoms with E-state index in [1.807, 2.05) is 48.1 Å². The minimum Gasteiger partial charge on any atom is -0.461 e. The Hall–Kier alpha value is -3.15. The van der Waals surface area contributed by atoms with E-state index >= 15 is 0 Å². The van der Waals surface area contributed by atoms with Crippen molar-refractivity contribution < 1.29 is 4.42 Å². The van der Waals surface area contributed by atoms with Gasteiger partial charge in [-0.1, -0.05) is 24.3 Å². The molecule has 4 rings (SSSR count). The van der Waals surface area contributed by atoms with Gasteiger partial charge in [0.05, 0.1) is 25.9 Å². The van der Waals surface area contributed by atoms with Gasteiger partial charge < -0.3 is 15.1 Å². The third-order valence-electron chi connectivity index (χ3n) is 4.46. The highest BCUT2D eigenvalue weighted by Crippen LogP contribution is 2.14. The molecule has 0 spiro atoms. The fourth-order valence-corrected chi connectivity index (χ4v) is 3.00. The second-order valence-corrected chi connectivity index (χ2v) is 6.60. The first-order valence-electron chi connectivity index (χ1n) is 9.83. The molecular formula is C21H25IN8O. The fraction of sp³-hybridized carbons (Fsp3) is 0.238. The van der Waals surface area contributed by atoms with Crippen LogP contribution in [0.5, 0.6) is 0 Å². The van der Waals surface area contributed by atoms with Crippen LogP contribution in [0.3, 0.4) is 0 Å². The van der Waals surface area contributed by atoms with Gasteiger partial charge in [-0.25, -0.2) is 9.98 Å². The number of benzene rings is 1. The lowest BCUT2D eigenvalue weighted by atomic mass is 10.1. The lowest BCUT2D eigenvalue weighted by Gasteiger charge is -2.12. The van der Waals surface area contributed by atoms with Crippen LogP contribution in [0.4, 0.5) is 0 Å². The maximum absolute atomic E-state index is 5.33. The quantitative estimate of drug-likeness (QED) is 0.183. The van der Waals surface area contributed by atoms with Crippen molar-refractivity contribution in [2.24, 2.45) is 4.99 Å². The number of H-pyrrole nitrogens is 1. The predicted molar refractivity (Wildman–Crippen MR) is 129 cm³/mol. The van der Waals surface area contributed by atoms with Crippen LogP contribution >= 0.6 is 24.0 Å². The zero-order valence-corrected chi connectivity index (χ0v) is 19.5. The Labute approximate surface area is 197 Å².